The van der Waals surface area contributed by atoms with Crippen LogP contribution in [0.2, 0.25) is 0 Å². The van der Waals surface area contributed by atoms with Gasteiger partial charge in [-0.15, -0.1) is 0 Å². The lowest BCUT2D eigenvalue weighted by Gasteiger charge is -2.33. The van der Waals surface area contributed by atoms with Crippen molar-refractivity contribution in [2.24, 2.45) is 11.3 Å². The predicted octanol–water partition coefficient (Wildman–Crippen LogP) is 3.42. The van der Waals surface area contributed by atoms with Crippen molar-refractivity contribution >= 4 is 22.8 Å². The van der Waals surface area contributed by atoms with E-state index in [1.54, 1.807) is 24.7 Å². The highest BCUT2D eigenvalue weighted by atomic mass is 16.3. The highest BCUT2D eigenvalue weighted by Crippen LogP contribution is 2.59. The average molecular weight is 491 g/mol. The third kappa shape index (κ3) is 4.19. The van der Waals surface area contributed by atoms with Crippen LogP contribution in [0, 0.1) is 11.3 Å². The Balaban J connectivity index is 1.01. The molecule has 0 radical (unpaired) electrons. The van der Waals surface area contributed by atoms with Crippen LogP contribution in [0.4, 0.5) is 0 Å². The maximum atomic E-state index is 13.4. The number of pyridine rings is 1. The Morgan fingerprint density at radius 3 is 2.83 bits per heavy atom. The van der Waals surface area contributed by atoms with Crippen molar-refractivity contribution < 1.29 is 14.0 Å². The van der Waals surface area contributed by atoms with Crippen molar-refractivity contribution in [3.8, 4) is 0 Å². The number of hydrogen-bond acceptors (Lipinski definition) is 6. The Hall–Kier alpha value is -3.20. The maximum absolute atomic E-state index is 13.4. The standard InChI is InChI=1S/C27H34N6O3/c1-17(2)33-8-4-19(16-33)24-21(14-30-31-24)26(35)32-9-5-27(6-10-32)12-20(27)13-29-25(34)22-11-18-3-7-28-15-23(18)36-22/h3,7,11,14-15,17,19-20H,4-6,8-10,12-13,16H2,1-2H3,(H,29,34)(H,30,31). The van der Waals surface area contributed by atoms with Gasteiger partial charge in [0.15, 0.2) is 11.3 Å². The minimum absolute atomic E-state index is 0.0986. The molecule has 2 unspecified atom stereocenters. The topological polar surface area (TPSA) is 107 Å². The summed E-state index contributed by atoms with van der Waals surface area (Å²) in [7, 11) is 0. The van der Waals surface area contributed by atoms with Crippen LogP contribution in [-0.2, 0) is 0 Å². The number of aromatic nitrogens is 3. The second-order valence-electron chi connectivity index (χ2n) is 11.1. The highest BCUT2D eigenvalue weighted by molar-refractivity contribution is 5.96. The quantitative estimate of drug-likeness (QED) is 0.548. The monoisotopic (exact) mass is 490 g/mol. The largest absolute Gasteiger partial charge is 0.449 e. The first-order valence-corrected chi connectivity index (χ1v) is 13.1. The highest BCUT2D eigenvalue weighted by Gasteiger charge is 2.55. The second-order valence-corrected chi connectivity index (χ2v) is 11.1. The zero-order chi connectivity index (χ0) is 24.9. The molecule has 3 aliphatic rings. The van der Waals surface area contributed by atoms with Gasteiger partial charge < -0.3 is 19.5 Å². The van der Waals surface area contributed by atoms with Gasteiger partial charge in [0.05, 0.1) is 23.7 Å². The number of carbonyl (C=O) groups is 2. The Morgan fingerprint density at radius 2 is 2.08 bits per heavy atom. The fourth-order valence-electron chi connectivity index (χ4n) is 6.23. The number of hydrogen-bond donors (Lipinski definition) is 2. The molecular weight excluding hydrogens is 456 g/mol. The van der Waals surface area contributed by atoms with Crippen molar-refractivity contribution in [1.82, 2.24) is 30.3 Å². The molecule has 2 amide bonds. The van der Waals surface area contributed by atoms with Crippen LogP contribution in [0.15, 0.2) is 35.1 Å². The van der Waals surface area contributed by atoms with Gasteiger partial charge in [0, 0.05) is 49.7 Å². The van der Waals surface area contributed by atoms with E-state index >= 15 is 0 Å². The van der Waals surface area contributed by atoms with Gasteiger partial charge in [0.1, 0.15) is 0 Å². The van der Waals surface area contributed by atoms with Gasteiger partial charge in [0.25, 0.3) is 11.8 Å². The lowest BCUT2D eigenvalue weighted by atomic mass is 9.90. The number of piperidine rings is 1. The summed E-state index contributed by atoms with van der Waals surface area (Å²) in [4.78, 5) is 34.5. The van der Waals surface area contributed by atoms with Gasteiger partial charge in [-0.25, -0.2) is 0 Å². The van der Waals surface area contributed by atoms with Crippen LogP contribution in [0.3, 0.4) is 0 Å². The number of aromatic amines is 1. The zero-order valence-corrected chi connectivity index (χ0v) is 21.0. The molecule has 2 aliphatic heterocycles. The Bertz CT molecular complexity index is 1240. The lowest BCUT2D eigenvalue weighted by Crippen LogP contribution is -2.40. The van der Waals surface area contributed by atoms with Crippen LogP contribution >= 0.6 is 0 Å². The third-order valence-electron chi connectivity index (χ3n) is 8.72. The molecule has 3 aromatic heterocycles. The van der Waals surface area contributed by atoms with Crippen LogP contribution < -0.4 is 5.32 Å². The molecule has 1 spiro atoms. The van der Waals surface area contributed by atoms with E-state index in [4.69, 9.17) is 4.42 Å². The van der Waals surface area contributed by atoms with Gasteiger partial charge in [-0.3, -0.25) is 19.7 Å². The van der Waals surface area contributed by atoms with Gasteiger partial charge in [-0.2, -0.15) is 5.10 Å². The summed E-state index contributed by atoms with van der Waals surface area (Å²) in [5.74, 6) is 1.03. The number of likely N-dealkylation sites (tertiary alicyclic amines) is 2. The van der Waals surface area contributed by atoms with Gasteiger partial charge >= 0.3 is 0 Å². The molecule has 0 bridgehead atoms. The molecule has 190 valence electrons. The molecule has 9 nitrogen and oxygen atoms in total. The molecule has 3 aromatic rings. The molecule has 2 N–H and O–H groups in total. The number of carbonyl (C=O) groups excluding carboxylic acids is 2. The van der Waals surface area contributed by atoms with Crippen LogP contribution in [-0.4, -0.2) is 75.6 Å². The first-order chi connectivity index (χ1) is 17.4. The summed E-state index contributed by atoms with van der Waals surface area (Å²) in [6.07, 6.45) is 9.14. The molecule has 1 saturated carbocycles. The lowest BCUT2D eigenvalue weighted by molar-refractivity contribution is 0.0667. The Labute approximate surface area is 210 Å². The first kappa shape index (κ1) is 23.2. The molecule has 3 fully saturated rings. The van der Waals surface area contributed by atoms with E-state index < -0.39 is 0 Å². The minimum atomic E-state index is -0.184. The molecule has 2 atom stereocenters. The van der Waals surface area contributed by atoms with Gasteiger partial charge in [-0.1, -0.05) is 0 Å². The van der Waals surface area contributed by atoms with E-state index in [9.17, 15) is 9.59 Å². The van der Waals surface area contributed by atoms with Crippen molar-refractivity contribution in [3.63, 3.8) is 0 Å². The summed E-state index contributed by atoms with van der Waals surface area (Å²) in [6.45, 7) is 8.63. The molecule has 0 aromatic carbocycles. The van der Waals surface area contributed by atoms with Crippen molar-refractivity contribution in [3.05, 3.63) is 47.7 Å². The summed E-state index contributed by atoms with van der Waals surface area (Å²) in [5.41, 5.74) is 2.59. The number of nitrogens with one attached hydrogen (secondary N) is 2. The minimum Gasteiger partial charge on any atom is -0.449 e. The molecule has 5 heterocycles. The van der Waals surface area contributed by atoms with Crippen molar-refractivity contribution in [1.29, 1.82) is 0 Å². The van der Waals surface area contributed by atoms with E-state index in [0.717, 1.165) is 68.5 Å². The number of furan rings is 1. The van der Waals surface area contributed by atoms with Crippen molar-refractivity contribution in [2.75, 3.05) is 32.7 Å². The van der Waals surface area contributed by atoms with E-state index in [2.05, 4.69) is 39.2 Å². The fourth-order valence-corrected chi connectivity index (χ4v) is 6.23. The molecule has 9 heteroatoms. The normalized spacial score (nSPS) is 23.6. The van der Waals surface area contributed by atoms with Crippen molar-refractivity contribution in [2.45, 2.75) is 51.5 Å². The summed E-state index contributed by atoms with van der Waals surface area (Å²) < 4.78 is 5.63. The predicted molar refractivity (Wildman–Crippen MR) is 135 cm³/mol. The van der Waals surface area contributed by atoms with Crippen LogP contribution in [0.5, 0.6) is 0 Å². The number of H-pyrrole nitrogens is 1. The zero-order valence-electron chi connectivity index (χ0n) is 21.0. The molecule has 2 saturated heterocycles. The first-order valence-electron chi connectivity index (χ1n) is 13.1. The number of fused-ring (bicyclic) bond motifs is 1. The van der Waals surface area contributed by atoms with Gasteiger partial charge in [0.2, 0.25) is 0 Å². The van der Waals surface area contributed by atoms with Gasteiger partial charge in [-0.05, 0) is 69.5 Å². The SMILES string of the molecule is CC(C)N1CCC(c2[nH]ncc2C(=O)N2CCC3(CC2)CC3CNC(=O)c2cc3ccncc3o2)C1. The fraction of sp³-hybridized carbons (Fsp3) is 0.556. The maximum Gasteiger partial charge on any atom is 0.287 e. The Kier molecular flexibility index (Phi) is 5.82. The molecular formula is C27H34N6O3. The van der Waals surface area contributed by atoms with E-state index in [1.807, 2.05) is 11.0 Å². The number of amides is 2. The molecule has 1 aliphatic carbocycles. The summed E-state index contributed by atoms with van der Waals surface area (Å²) in [6, 6.07) is 4.11. The Morgan fingerprint density at radius 1 is 1.25 bits per heavy atom. The molecule has 6 rings (SSSR count). The number of rotatable bonds is 6. The van der Waals surface area contributed by atoms with Crippen LogP contribution in [0.25, 0.3) is 11.0 Å². The van der Waals surface area contributed by atoms with E-state index in [-0.39, 0.29) is 17.2 Å². The third-order valence-corrected chi connectivity index (χ3v) is 8.72. The van der Waals surface area contributed by atoms with E-state index in [0.29, 0.717) is 35.8 Å². The number of nitrogens with zero attached hydrogens (tertiary/aromatic N) is 4. The summed E-state index contributed by atoms with van der Waals surface area (Å²) in [5, 5.41) is 11.3. The van der Waals surface area contributed by atoms with Crippen LogP contribution in [0.1, 0.15) is 72.1 Å². The molecule has 36 heavy (non-hydrogen) atoms. The summed E-state index contributed by atoms with van der Waals surface area (Å²) >= 11 is 0. The van der Waals surface area contributed by atoms with E-state index in [1.165, 1.54) is 0 Å². The smallest absolute Gasteiger partial charge is 0.287 e. The second kappa shape index (κ2) is 9.03. The average Bonchev–Trinajstić information content (AvgIpc) is 3.38.